The van der Waals surface area contributed by atoms with Crippen molar-refractivity contribution in [3.63, 3.8) is 0 Å². The van der Waals surface area contributed by atoms with Gasteiger partial charge in [-0.15, -0.1) is 0 Å². The van der Waals surface area contributed by atoms with E-state index < -0.39 is 12.0 Å². The first-order valence-corrected chi connectivity index (χ1v) is 16.9. The van der Waals surface area contributed by atoms with Crippen molar-refractivity contribution in [2.45, 2.75) is 96.3 Å². The molecule has 4 heterocycles. The van der Waals surface area contributed by atoms with Gasteiger partial charge in [-0.25, -0.2) is 4.79 Å². The molecule has 10 heteroatoms. The zero-order valence-electron chi connectivity index (χ0n) is 26.2. The molecule has 0 unspecified atom stereocenters. The Morgan fingerprint density at radius 1 is 1.00 bits per heavy atom. The lowest BCUT2D eigenvalue weighted by atomic mass is 9.80. The lowest BCUT2D eigenvalue weighted by Crippen LogP contribution is -2.41. The van der Waals surface area contributed by atoms with E-state index >= 15 is 0 Å². The number of rotatable bonds is 9. The zero-order valence-corrected chi connectivity index (χ0v) is 26.2. The number of nitrogens with zero attached hydrogens (tertiary/aromatic N) is 6. The molecule has 2 aromatic heterocycles. The molecule has 2 saturated heterocycles. The molecular weight excluding hydrogens is 554 g/mol. The molecule has 3 aromatic rings. The van der Waals surface area contributed by atoms with Gasteiger partial charge in [0.25, 0.3) is 0 Å². The van der Waals surface area contributed by atoms with Crippen LogP contribution in [0.5, 0.6) is 0 Å². The van der Waals surface area contributed by atoms with Crippen molar-refractivity contribution in [1.82, 2.24) is 19.5 Å². The predicted octanol–water partition coefficient (Wildman–Crippen LogP) is 5.88. The van der Waals surface area contributed by atoms with Gasteiger partial charge in [0.05, 0.1) is 19.3 Å². The highest BCUT2D eigenvalue weighted by Gasteiger charge is 2.36. The van der Waals surface area contributed by atoms with E-state index in [1.54, 1.807) is 0 Å². The van der Waals surface area contributed by atoms with E-state index in [1.807, 2.05) is 4.90 Å². The summed E-state index contributed by atoms with van der Waals surface area (Å²) in [7, 11) is 0. The maximum atomic E-state index is 12.2. The summed E-state index contributed by atoms with van der Waals surface area (Å²) in [6, 6.07) is 10.3. The SMILES string of the molecule is CC1CCC(Cn2c(N3CCOC[C@H]3c3ccccc3)nc3nc(N4CCC[C@H]4C(=O)O)nc(N[C@H](C)C4CCC4)c32)CC1. The molecule has 3 atom stereocenters. The molecule has 1 aromatic carbocycles. The quantitative estimate of drug-likeness (QED) is 0.311. The number of aromatic nitrogens is 4. The number of nitrogens with one attached hydrogen (secondary N) is 1. The highest BCUT2D eigenvalue weighted by atomic mass is 16.5. The number of imidazole rings is 1. The van der Waals surface area contributed by atoms with Crippen LogP contribution in [0.2, 0.25) is 0 Å². The molecule has 10 nitrogen and oxygen atoms in total. The fourth-order valence-electron chi connectivity index (χ4n) is 7.73. The number of ether oxygens (including phenoxy) is 1. The summed E-state index contributed by atoms with van der Waals surface area (Å²) in [6.45, 7) is 8.10. The van der Waals surface area contributed by atoms with Crippen LogP contribution in [0, 0.1) is 17.8 Å². The third-order valence-electron chi connectivity index (χ3n) is 10.7. The normalized spacial score (nSPS) is 27.0. The number of hydrogen-bond donors (Lipinski definition) is 2. The van der Waals surface area contributed by atoms with Gasteiger partial charge in [-0.3, -0.25) is 0 Å². The lowest BCUT2D eigenvalue weighted by Gasteiger charge is -2.37. The molecule has 2 aliphatic carbocycles. The van der Waals surface area contributed by atoms with Gasteiger partial charge >= 0.3 is 5.97 Å². The van der Waals surface area contributed by atoms with Crippen molar-refractivity contribution < 1.29 is 14.6 Å². The number of aliphatic carboxylic acids is 1. The van der Waals surface area contributed by atoms with Crippen molar-refractivity contribution in [3.05, 3.63) is 35.9 Å². The van der Waals surface area contributed by atoms with E-state index in [0.717, 1.165) is 42.7 Å². The second kappa shape index (κ2) is 12.5. The van der Waals surface area contributed by atoms with Crippen molar-refractivity contribution in [2.24, 2.45) is 17.8 Å². The molecule has 4 aliphatic rings. The first kappa shape index (κ1) is 29.3. The summed E-state index contributed by atoms with van der Waals surface area (Å²) in [6.07, 6.45) is 10.1. The minimum atomic E-state index is -0.819. The van der Waals surface area contributed by atoms with Gasteiger partial charge in [-0.1, -0.05) is 56.5 Å². The minimum absolute atomic E-state index is 0.0413. The number of hydrogen-bond acceptors (Lipinski definition) is 8. The summed E-state index contributed by atoms with van der Waals surface area (Å²) >= 11 is 0. The number of benzene rings is 1. The number of carboxylic acids is 1. The smallest absolute Gasteiger partial charge is 0.326 e. The first-order valence-electron chi connectivity index (χ1n) is 16.9. The van der Waals surface area contributed by atoms with E-state index in [9.17, 15) is 9.90 Å². The molecule has 0 amide bonds. The Balaban J connectivity index is 1.37. The Labute approximate surface area is 260 Å². The van der Waals surface area contributed by atoms with Gasteiger partial charge < -0.3 is 29.5 Å². The zero-order chi connectivity index (χ0) is 30.2. The van der Waals surface area contributed by atoms with Crippen LogP contribution in [-0.2, 0) is 16.1 Å². The number of carbonyl (C=O) groups is 1. The van der Waals surface area contributed by atoms with E-state index in [2.05, 4.69) is 59.0 Å². The summed E-state index contributed by atoms with van der Waals surface area (Å²) in [4.78, 5) is 31.9. The van der Waals surface area contributed by atoms with Gasteiger partial charge in [-0.05, 0) is 68.8 Å². The van der Waals surface area contributed by atoms with Gasteiger partial charge in [0, 0.05) is 25.7 Å². The predicted molar refractivity (Wildman–Crippen MR) is 172 cm³/mol. The largest absolute Gasteiger partial charge is 0.480 e. The van der Waals surface area contributed by atoms with Gasteiger partial charge in [0.1, 0.15) is 11.6 Å². The number of anilines is 3. The van der Waals surface area contributed by atoms with E-state index in [4.69, 9.17) is 19.7 Å². The Bertz CT molecular complexity index is 1450. The molecule has 4 fully saturated rings. The Kier molecular flexibility index (Phi) is 8.35. The van der Waals surface area contributed by atoms with Gasteiger partial charge in [0.15, 0.2) is 11.5 Å². The van der Waals surface area contributed by atoms with Gasteiger partial charge in [0.2, 0.25) is 11.9 Å². The van der Waals surface area contributed by atoms with E-state index in [0.29, 0.717) is 49.6 Å². The molecule has 0 spiro atoms. The summed E-state index contributed by atoms with van der Waals surface area (Å²) in [5.74, 6) is 3.30. The monoisotopic (exact) mass is 601 g/mol. The van der Waals surface area contributed by atoms with Crippen LogP contribution >= 0.6 is 0 Å². The molecule has 7 rings (SSSR count). The van der Waals surface area contributed by atoms with Crippen molar-refractivity contribution in [3.8, 4) is 0 Å². The molecular formula is C34H47N7O3. The Morgan fingerprint density at radius 3 is 2.52 bits per heavy atom. The van der Waals surface area contributed by atoms with Crippen LogP contribution in [0.15, 0.2) is 30.3 Å². The Hall–Kier alpha value is -3.40. The maximum absolute atomic E-state index is 12.2. The molecule has 236 valence electrons. The van der Waals surface area contributed by atoms with E-state index in [-0.39, 0.29) is 12.1 Å². The topological polar surface area (TPSA) is 109 Å². The number of carboxylic acid groups (broad SMARTS) is 1. The number of morpholine rings is 1. The molecule has 44 heavy (non-hydrogen) atoms. The third-order valence-corrected chi connectivity index (χ3v) is 10.7. The minimum Gasteiger partial charge on any atom is -0.480 e. The van der Waals surface area contributed by atoms with Crippen LogP contribution < -0.4 is 15.1 Å². The average molecular weight is 602 g/mol. The van der Waals surface area contributed by atoms with Crippen LogP contribution in [0.3, 0.4) is 0 Å². The maximum Gasteiger partial charge on any atom is 0.326 e. The molecule has 2 N–H and O–H groups in total. The van der Waals surface area contributed by atoms with Crippen molar-refractivity contribution in [2.75, 3.05) is 41.4 Å². The van der Waals surface area contributed by atoms with Crippen LogP contribution in [0.25, 0.3) is 11.2 Å². The van der Waals surface area contributed by atoms with E-state index in [1.165, 1.54) is 50.5 Å². The van der Waals surface area contributed by atoms with Crippen LogP contribution in [0.4, 0.5) is 17.7 Å². The summed E-state index contributed by atoms with van der Waals surface area (Å²) in [5, 5.41) is 13.8. The fourth-order valence-corrected chi connectivity index (χ4v) is 7.73. The highest BCUT2D eigenvalue weighted by Crippen LogP contribution is 2.39. The van der Waals surface area contributed by atoms with Crippen LogP contribution in [0.1, 0.15) is 83.2 Å². The van der Waals surface area contributed by atoms with Crippen molar-refractivity contribution in [1.29, 1.82) is 0 Å². The second-order valence-electron chi connectivity index (χ2n) is 13.7. The summed E-state index contributed by atoms with van der Waals surface area (Å²) < 4.78 is 8.42. The van der Waals surface area contributed by atoms with Gasteiger partial charge in [-0.2, -0.15) is 15.0 Å². The number of fused-ring (bicyclic) bond motifs is 1. The average Bonchev–Trinajstić information content (AvgIpc) is 3.64. The Morgan fingerprint density at radius 2 is 1.80 bits per heavy atom. The molecule has 2 aliphatic heterocycles. The summed E-state index contributed by atoms with van der Waals surface area (Å²) in [5.41, 5.74) is 2.80. The third kappa shape index (κ3) is 5.73. The van der Waals surface area contributed by atoms with Crippen molar-refractivity contribution >= 4 is 34.8 Å². The molecule has 0 radical (unpaired) electrons. The van der Waals surface area contributed by atoms with Crippen LogP contribution in [-0.4, -0.2) is 69.0 Å². The highest BCUT2D eigenvalue weighted by molar-refractivity contribution is 5.88. The molecule has 2 saturated carbocycles. The lowest BCUT2D eigenvalue weighted by molar-refractivity contribution is -0.138. The second-order valence-corrected chi connectivity index (χ2v) is 13.7. The fraction of sp³-hybridized carbons (Fsp3) is 0.647. The standard InChI is InChI=1S/C34H47N7O3/c1-22-13-15-24(16-14-22)20-41-29-30(35-23(2)25-10-6-11-25)36-33(39-17-7-12-27(39)32(42)43)37-31(29)38-34(41)40-18-19-44-21-28(40)26-8-4-3-5-9-26/h3-5,8-9,22-25,27-28H,6-7,10-21H2,1-2H3,(H,42,43)(H,35,36,37)/t22?,23-,24?,27+,28+/m1/s1. The molecule has 0 bridgehead atoms. The first-order chi connectivity index (χ1) is 21.5.